The Balaban J connectivity index is -0.000000231. The molecule has 9 atom stereocenters. The zero-order valence-electron chi connectivity index (χ0n) is 41.7. The molecule has 0 aliphatic carbocycles. The van der Waals surface area contributed by atoms with Gasteiger partial charge in [-0.05, 0) is 128 Å². The fraction of sp³-hybridized carbons (Fsp3) is 0.795. The van der Waals surface area contributed by atoms with Crippen LogP contribution in [0, 0.1) is 0 Å². The molecule has 1 fully saturated rings. The number of carbonyl (C=O) groups excluding carboxylic acids is 6. The van der Waals surface area contributed by atoms with Crippen LogP contribution in [0.2, 0.25) is 0 Å². The molecule has 0 radical (unpaired) electrons. The van der Waals surface area contributed by atoms with Gasteiger partial charge in [0, 0.05) is 103 Å². The highest BCUT2D eigenvalue weighted by Crippen LogP contribution is 2.39. The van der Waals surface area contributed by atoms with Gasteiger partial charge in [0.2, 0.25) is 0 Å². The van der Waals surface area contributed by atoms with Crippen molar-refractivity contribution >= 4 is 180 Å². The summed E-state index contributed by atoms with van der Waals surface area (Å²) in [5.74, 6) is 5.01. The average molecular weight is 1170 g/mol. The van der Waals surface area contributed by atoms with E-state index in [1.165, 1.54) is 37.8 Å². The number of carboxylic acids is 1. The fourth-order valence-electron chi connectivity index (χ4n) is 4.74. The van der Waals surface area contributed by atoms with E-state index >= 15 is 0 Å². The minimum atomic E-state index is -0.998. The lowest BCUT2D eigenvalue weighted by atomic mass is 10.1. The van der Waals surface area contributed by atoms with Gasteiger partial charge in [-0.25, -0.2) is 4.79 Å². The number of hydrogen-bond donors (Lipinski definition) is 4. The highest BCUT2D eigenvalue weighted by Gasteiger charge is 2.19. The predicted octanol–water partition coefficient (Wildman–Crippen LogP) is 9.35. The van der Waals surface area contributed by atoms with Crippen LogP contribution in [0.1, 0.15) is 105 Å². The van der Waals surface area contributed by atoms with Crippen LogP contribution in [-0.2, 0) is 66.0 Å². The van der Waals surface area contributed by atoms with Crippen LogP contribution in [0.25, 0.3) is 0 Å². The summed E-state index contributed by atoms with van der Waals surface area (Å²) in [5, 5.41) is 9.15. The van der Waals surface area contributed by atoms with Gasteiger partial charge in [-0.3, -0.25) is 36.6 Å². The molecule has 9 unspecified atom stereocenters. The molecule has 0 bridgehead atoms. The number of hydrogen-bond acceptors (Lipinski definition) is 19. The Labute approximate surface area is 453 Å². The molecule has 0 saturated carbocycles. The van der Waals surface area contributed by atoms with Crippen molar-refractivity contribution in [2.24, 2.45) is 0 Å². The van der Waals surface area contributed by atoms with Crippen LogP contribution < -0.4 is 0 Å². The summed E-state index contributed by atoms with van der Waals surface area (Å²) < 4.78 is 32.5. The maximum Gasteiger partial charge on any atom is 0.328 e. The molecule has 11 nitrogen and oxygen atoms in total. The second-order valence-corrected chi connectivity index (χ2v) is 28.3. The highest BCUT2D eigenvalue weighted by molar-refractivity contribution is 8.77. The van der Waals surface area contributed by atoms with Gasteiger partial charge in [0.1, 0.15) is 34.7 Å². The van der Waals surface area contributed by atoms with Crippen molar-refractivity contribution in [2.75, 3.05) is 78.3 Å². The van der Waals surface area contributed by atoms with Gasteiger partial charge in [0.25, 0.3) is 0 Å². The molecule has 1 heterocycles. The van der Waals surface area contributed by atoms with Crippen LogP contribution >= 0.6 is 107 Å². The SMILES string of the molecule is CC(=O)C(S)CCS.CC(=O)CC(=O)CCC1CCSS1.CSC(CCC(C)=O)CCS(C)=O.CSC(CCS(C)=O)C(C)=O.CSCCC(C(C)=O)S(C)=O.CSCCC(S)/C=C/C(=O)O. The number of carbonyl (C=O) groups is 7. The summed E-state index contributed by atoms with van der Waals surface area (Å²) in [4.78, 5) is 74.8. The molecule has 0 aromatic carbocycles. The van der Waals surface area contributed by atoms with E-state index in [1.54, 1.807) is 80.9 Å². The molecule has 0 spiro atoms. The first-order valence-corrected chi connectivity index (χ1v) is 35.9. The zero-order valence-corrected chi connectivity index (χ0v) is 51.7. The Kier molecular flexibility index (Phi) is 60.9. The fourth-order valence-corrected chi connectivity index (χ4v) is 13.6. The number of aliphatic carboxylic acids is 1. The standard InChI is InChI=1S/C9H14O2S2.C9H18O2S2.2C7H14O2S2.C7H12O2S2.C5H10OS2/c1-7(10)6-8(11)2-3-9-4-5-12-13-9;1-8(10)4-5-9(12-2)6-7-13(3)11;1-6(8)7(10-2)4-5-11(3)9;1-6(8)7(11(3)9)4-5-10-2;1-11-5-4-6(10)2-3-7(8)9;1-4(6)5(8)2-3-7/h9H,2-6H2,1H3;9H,4-7H2,1-3H3;2*7H,4-5H2,1-3H3;2-3,6,10H,4-5H2,1H3,(H,8,9);5,7-8H,2-3H2,1H3/b;;;;3-2+;. The Morgan fingerprint density at radius 1 is 0.716 bits per heavy atom. The largest absolute Gasteiger partial charge is 0.478 e. The third-order valence-corrected chi connectivity index (χ3v) is 19.5. The molecular weight excluding hydrogens is 1090 g/mol. The van der Waals surface area contributed by atoms with Crippen LogP contribution in [-0.4, -0.2) is 168 Å². The summed E-state index contributed by atoms with van der Waals surface area (Å²) >= 11 is 18.9. The lowest BCUT2D eigenvalue weighted by molar-refractivity contribution is -0.131. The maximum absolute atomic E-state index is 11.2. The first-order valence-electron chi connectivity index (χ1n) is 21.4. The van der Waals surface area contributed by atoms with Crippen LogP contribution in [0.15, 0.2) is 12.2 Å². The van der Waals surface area contributed by atoms with Crippen molar-refractivity contribution < 1.29 is 51.3 Å². The number of rotatable bonds is 30. The van der Waals surface area contributed by atoms with E-state index in [4.69, 9.17) is 5.11 Å². The van der Waals surface area contributed by atoms with Crippen molar-refractivity contribution in [1.82, 2.24) is 0 Å². The summed E-state index contributed by atoms with van der Waals surface area (Å²) in [6.45, 7) is 7.72. The maximum atomic E-state index is 11.2. The quantitative estimate of drug-likeness (QED) is 0.0230. The van der Waals surface area contributed by atoms with Gasteiger partial charge >= 0.3 is 5.97 Å². The number of Topliss-reactive ketones (excluding diaryl/α,β-unsaturated/α-hetero) is 6. The lowest BCUT2D eigenvalue weighted by Crippen LogP contribution is -2.23. The monoisotopic (exact) mass is 1170 g/mol. The van der Waals surface area contributed by atoms with Gasteiger partial charge in [-0.2, -0.15) is 84.9 Å². The van der Waals surface area contributed by atoms with Crippen molar-refractivity contribution in [1.29, 1.82) is 0 Å². The van der Waals surface area contributed by atoms with E-state index in [1.807, 2.05) is 46.6 Å². The topological polar surface area (TPSA) is 191 Å². The van der Waals surface area contributed by atoms with Crippen molar-refractivity contribution in [3.05, 3.63) is 12.2 Å². The lowest BCUT2D eigenvalue weighted by Gasteiger charge is -2.11. The molecule has 1 aliphatic heterocycles. The molecule has 396 valence electrons. The first-order chi connectivity index (χ1) is 31.2. The Morgan fingerprint density at radius 2 is 1.27 bits per heavy atom. The summed E-state index contributed by atoms with van der Waals surface area (Å²) in [7, 11) is 1.30. The third-order valence-electron chi connectivity index (χ3n) is 8.59. The number of thiol groups is 3. The number of thioether (sulfide) groups is 4. The second-order valence-electron chi connectivity index (χ2n) is 14.9. The van der Waals surface area contributed by atoms with E-state index in [2.05, 4.69) is 37.9 Å². The molecule has 23 heteroatoms. The van der Waals surface area contributed by atoms with Crippen LogP contribution in [0.4, 0.5) is 0 Å². The van der Waals surface area contributed by atoms with Gasteiger partial charge in [-0.15, -0.1) is 0 Å². The smallest absolute Gasteiger partial charge is 0.328 e. The molecule has 67 heavy (non-hydrogen) atoms. The first kappa shape index (κ1) is 76.7. The molecule has 0 aromatic heterocycles. The van der Waals surface area contributed by atoms with Crippen molar-refractivity contribution in [3.8, 4) is 0 Å². The summed E-state index contributed by atoms with van der Waals surface area (Å²) in [5.41, 5.74) is 0. The molecular formula is C44H82O11S12. The van der Waals surface area contributed by atoms with E-state index in [0.717, 1.165) is 74.0 Å². The normalized spacial score (nSPS) is 16.3. The number of ketones is 6. The Hall–Kier alpha value is 0.830. The molecule has 1 rings (SSSR count). The van der Waals surface area contributed by atoms with Crippen molar-refractivity contribution in [3.63, 3.8) is 0 Å². The Morgan fingerprint density at radius 3 is 1.63 bits per heavy atom. The molecule has 0 amide bonds. The van der Waals surface area contributed by atoms with E-state index in [9.17, 15) is 46.2 Å². The minimum Gasteiger partial charge on any atom is -0.478 e. The van der Waals surface area contributed by atoms with Crippen molar-refractivity contribution in [2.45, 2.75) is 137 Å². The summed E-state index contributed by atoms with van der Waals surface area (Å²) in [6.07, 6.45) is 24.2. The van der Waals surface area contributed by atoms with Gasteiger partial charge in [0.05, 0.1) is 22.2 Å². The Bertz CT molecular complexity index is 1430. The molecule has 1 saturated heterocycles. The number of carboxylic acid groups (broad SMARTS) is 1. The highest BCUT2D eigenvalue weighted by atomic mass is 33.1. The predicted molar refractivity (Wildman–Crippen MR) is 316 cm³/mol. The van der Waals surface area contributed by atoms with Crippen LogP contribution in [0.3, 0.4) is 0 Å². The van der Waals surface area contributed by atoms with Crippen LogP contribution in [0.5, 0.6) is 0 Å². The van der Waals surface area contributed by atoms with E-state index in [0.29, 0.717) is 29.1 Å². The molecule has 0 aromatic rings. The molecule has 1 N–H and O–H groups in total. The zero-order chi connectivity index (χ0) is 52.9. The molecule has 1 aliphatic rings. The van der Waals surface area contributed by atoms with E-state index < -0.39 is 38.4 Å². The van der Waals surface area contributed by atoms with E-state index in [-0.39, 0.29) is 62.1 Å². The van der Waals surface area contributed by atoms with Gasteiger partial charge in [0.15, 0.2) is 0 Å². The van der Waals surface area contributed by atoms with Gasteiger partial charge in [-0.1, -0.05) is 27.7 Å². The minimum absolute atomic E-state index is 0.0153. The second kappa shape index (κ2) is 53.1. The van der Waals surface area contributed by atoms with Gasteiger partial charge < -0.3 is 9.90 Å². The summed E-state index contributed by atoms with van der Waals surface area (Å²) in [6, 6.07) is 0. The third kappa shape index (κ3) is 61.0. The average Bonchev–Trinajstić information content (AvgIpc) is 3.76.